The average Bonchev–Trinajstić information content (AvgIpc) is 3.33. The van der Waals surface area contributed by atoms with Crippen molar-refractivity contribution in [1.29, 1.82) is 0 Å². The number of hydrogen-bond donors (Lipinski definition) is 0. The smallest absolute Gasteiger partial charge is 0.143 e. The standard InChI is InChI=1S/C24H28O2/c1-24-10-9-18-17-8-6-16(26-2)12-13(17)5-7-19(18)22(24)20-14-3-4-15(11-14)21(20)23(24)25/h3-4,6,8,12,14-15,18-22H,5,7,9-11H2,1-2H3/t14-,15+,18+,19+,20?,21?,22+,24-/m0/s1. The Morgan fingerprint density at radius 1 is 1.15 bits per heavy atom. The van der Waals surface area contributed by atoms with Gasteiger partial charge in [-0.15, -0.1) is 0 Å². The lowest BCUT2D eigenvalue weighted by molar-refractivity contribution is -0.132. The number of allylic oxidation sites excluding steroid dienone is 2. The molecule has 0 N–H and O–H groups in total. The summed E-state index contributed by atoms with van der Waals surface area (Å²) >= 11 is 0. The third-order valence-corrected chi connectivity index (χ3v) is 8.99. The second-order valence-electron chi connectivity index (χ2n) is 9.77. The predicted octanol–water partition coefficient (Wildman–Crippen LogP) is 4.78. The van der Waals surface area contributed by atoms with E-state index in [1.54, 1.807) is 12.7 Å². The number of fused-ring (bicyclic) bond motifs is 11. The first-order valence-corrected chi connectivity index (χ1v) is 10.5. The van der Waals surface area contributed by atoms with E-state index in [0.29, 0.717) is 47.2 Å². The van der Waals surface area contributed by atoms with E-state index in [2.05, 4.69) is 37.3 Å². The van der Waals surface area contributed by atoms with Gasteiger partial charge in [-0.1, -0.05) is 25.1 Å². The van der Waals surface area contributed by atoms with Crippen LogP contribution < -0.4 is 4.74 Å². The molecule has 3 fully saturated rings. The highest BCUT2D eigenvalue weighted by Gasteiger charge is 2.67. The van der Waals surface area contributed by atoms with Gasteiger partial charge in [-0.05, 0) is 90.9 Å². The van der Waals surface area contributed by atoms with Gasteiger partial charge in [-0.3, -0.25) is 4.79 Å². The second-order valence-corrected chi connectivity index (χ2v) is 9.77. The predicted molar refractivity (Wildman–Crippen MR) is 101 cm³/mol. The maximum absolute atomic E-state index is 13.5. The minimum Gasteiger partial charge on any atom is -0.497 e. The molecule has 136 valence electrons. The second kappa shape index (κ2) is 5.03. The number of hydrogen-bond acceptors (Lipinski definition) is 2. The van der Waals surface area contributed by atoms with E-state index < -0.39 is 0 Å². The molecule has 0 heterocycles. The molecule has 0 radical (unpaired) electrons. The van der Waals surface area contributed by atoms with Crippen molar-refractivity contribution in [3.05, 3.63) is 41.5 Å². The Morgan fingerprint density at radius 3 is 2.85 bits per heavy atom. The molecule has 0 amide bonds. The minimum atomic E-state index is -0.0522. The highest BCUT2D eigenvalue weighted by molar-refractivity contribution is 5.91. The number of aryl methyl sites for hydroxylation is 1. The first-order chi connectivity index (χ1) is 12.6. The van der Waals surface area contributed by atoms with Crippen LogP contribution in [-0.4, -0.2) is 12.9 Å². The molecule has 2 heteroatoms. The molecule has 0 spiro atoms. The van der Waals surface area contributed by atoms with E-state index in [9.17, 15) is 4.79 Å². The molecule has 5 aliphatic carbocycles. The molecule has 2 nitrogen and oxygen atoms in total. The third-order valence-electron chi connectivity index (χ3n) is 8.99. The van der Waals surface area contributed by atoms with Crippen LogP contribution >= 0.6 is 0 Å². The van der Waals surface area contributed by atoms with Gasteiger partial charge in [0.1, 0.15) is 11.5 Å². The molecule has 1 aromatic rings. The first kappa shape index (κ1) is 15.5. The Balaban J connectivity index is 1.43. The summed E-state index contributed by atoms with van der Waals surface area (Å²) in [5, 5.41) is 0. The van der Waals surface area contributed by atoms with Crippen LogP contribution in [-0.2, 0) is 11.2 Å². The van der Waals surface area contributed by atoms with E-state index in [4.69, 9.17) is 4.74 Å². The molecule has 2 bridgehead atoms. The fourth-order valence-corrected chi connectivity index (χ4v) is 8.03. The van der Waals surface area contributed by atoms with E-state index in [1.807, 2.05) is 0 Å². The summed E-state index contributed by atoms with van der Waals surface area (Å²) in [6.45, 7) is 2.33. The monoisotopic (exact) mass is 348 g/mol. The quantitative estimate of drug-likeness (QED) is 0.683. The number of ketones is 1. The lowest BCUT2D eigenvalue weighted by Gasteiger charge is -2.50. The van der Waals surface area contributed by atoms with E-state index in [1.165, 1.54) is 24.8 Å². The zero-order chi connectivity index (χ0) is 17.6. The average molecular weight is 348 g/mol. The summed E-state index contributed by atoms with van der Waals surface area (Å²) < 4.78 is 5.45. The third kappa shape index (κ3) is 1.72. The highest BCUT2D eigenvalue weighted by atomic mass is 16.5. The summed E-state index contributed by atoms with van der Waals surface area (Å²) in [6.07, 6.45) is 10.7. The Bertz CT molecular complexity index is 823. The van der Waals surface area contributed by atoms with E-state index in [0.717, 1.165) is 18.6 Å². The first-order valence-electron chi connectivity index (χ1n) is 10.5. The van der Waals surface area contributed by atoms with Crippen LogP contribution in [0.2, 0.25) is 0 Å². The van der Waals surface area contributed by atoms with Gasteiger partial charge in [-0.25, -0.2) is 0 Å². The number of Topliss-reactive ketones (excluding diaryl/α,β-unsaturated/α-hetero) is 1. The van der Waals surface area contributed by atoms with Crippen molar-refractivity contribution in [2.24, 2.45) is 40.9 Å². The Hall–Kier alpha value is -1.57. The van der Waals surface area contributed by atoms with E-state index >= 15 is 0 Å². The molecular weight excluding hydrogens is 320 g/mol. The van der Waals surface area contributed by atoms with Gasteiger partial charge >= 0.3 is 0 Å². The summed E-state index contributed by atoms with van der Waals surface area (Å²) in [5.74, 6) is 5.77. The molecule has 0 saturated heterocycles. The van der Waals surface area contributed by atoms with Crippen molar-refractivity contribution in [2.75, 3.05) is 7.11 Å². The molecular formula is C24H28O2. The molecule has 2 unspecified atom stereocenters. The lowest BCUT2D eigenvalue weighted by atomic mass is 9.53. The number of methoxy groups -OCH3 is 1. The SMILES string of the molecule is COc1ccc2c(c1)CC[C@@H]1[C@@H]2CC[C@]2(C)C(=O)C3C([C@H]4C=C[C@@H]3C4)[C@@H]12. The van der Waals surface area contributed by atoms with Crippen LogP contribution in [0.25, 0.3) is 0 Å². The van der Waals surface area contributed by atoms with Crippen LogP contribution in [0.15, 0.2) is 30.4 Å². The molecule has 6 rings (SSSR count). The lowest BCUT2D eigenvalue weighted by Crippen LogP contribution is -2.45. The zero-order valence-electron chi connectivity index (χ0n) is 15.8. The number of carbonyl (C=O) groups excluding carboxylic acids is 1. The van der Waals surface area contributed by atoms with Crippen LogP contribution in [0.3, 0.4) is 0 Å². The number of ether oxygens (including phenoxy) is 1. The van der Waals surface area contributed by atoms with Crippen molar-refractivity contribution in [2.45, 2.75) is 44.9 Å². The number of rotatable bonds is 1. The number of benzene rings is 1. The molecule has 8 atom stereocenters. The topological polar surface area (TPSA) is 26.3 Å². The van der Waals surface area contributed by atoms with Crippen molar-refractivity contribution in [3.63, 3.8) is 0 Å². The normalized spacial score (nSPS) is 47.3. The minimum absolute atomic E-state index is 0.0522. The van der Waals surface area contributed by atoms with Gasteiger partial charge in [0, 0.05) is 11.3 Å². The molecule has 3 saturated carbocycles. The van der Waals surface area contributed by atoms with Gasteiger partial charge in [0.05, 0.1) is 7.11 Å². The maximum atomic E-state index is 13.5. The summed E-state index contributed by atoms with van der Waals surface area (Å²) in [6, 6.07) is 6.71. The van der Waals surface area contributed by atoms with Crippen molar-refractivity contribution in [1.82, 2.24) is 0 Å². The van der Waals surface area contributed by atoms with Crippen LogP contribution in [0.1, 0.15) is 49.7 Å². The van der Waals surface area contributed by atoms with Gasteiger partial charge in [0.15, 0.2) is 0 Å². The van der Waals surface area contributed by atoms with E-state index in [-0.39, 0.29) is 5.41 Å². The van der Waals surface area contributed by atoms with Crippen LogP contribution in [0.5, 0.6) is 5.75 Å². The Morgan fingerprint density at radius 2 is 2.00 bits per heavy atom. The van der Waals surface area contributed by atoms with Crippen molar-refractivity contribution < 1.29 is 9.53 Å². The molecule has 1 aromatic carbocycles. The van der Waals surface area contributed by atoms with Crippen LogP contribution in [0, 0.1) is 40.9 Å². The molecule has 5 aliphatic rings. The highest BCUT2D eigenvalue weighted by Crippen LogP contribution is 2.69. The van der Waals surface area contributed by atoms with Gasteiger partial charge < -0.3 is 4.74 Å². The van der Waals surface area contributed by atoms with Gasteiger partial charge in [0.2, 0.25) is 0 Å². The largest absolute Gasteiger partial charge is 0.497 e. The number of carbonyl (C=O) groups is 1. The maximum Gasteiger partial charge on any atom is 0.143 e. The Labute approximate surface area is 156 Å². The molecule has 0 aromatic heterocycles. The van der Waals surface area contributed by atoms with Gasteiger partial charge in [-0.2, -0.15) is 0 Å². The fraction of sp³-hybridized carbons (Fsp3) is 0.625. The Kier molecular flexibility index (Phi) is 2.99. The summed E-state index contributed by atoms with van der Waals surface area (Å²) in [5.41, 5.74) is 2.99. The summed E-state index contributed by atoms with van der Waals surface area (Å²) in [4.78, 5) is 13.5. The van der Waals surface area contributed by atoms with Crippen molar-refractivity contribution >= 4 is 5.78 Å². The fourth-order valence-electron chi connectivity index (χ4n) is 8.03. The zero-order valence-corrected chi connectivity index (χ0v) is 15.8. The van der Waals surface area contributed by atoms with Crippen LogP contribution in [0.4, 0.5) is 0 Å². The summed E-state index contributed by atoms with van der Waals surface area (Å²) in [7, 11) is 1.76. The molecule has 0 aliphatic heterocycles. The van der Waals surface area contributed by atoms with Crippen molar-refractivity contribution in [3.8, 4) is 5.75 Å². The van der Waals surface area contributed by atoms with Gasteiger partial charge in [0.25, 0.3) is 0 Å². The molecule has 26 heavy (non-hydrogen) atoms.